The number of hydrogen-bond donors (Lipinski definition) is 0. The quantitative estimate of drug-likeness (QED) is 0.766. The lowest BCUT2D eigenvalue weighted by molar-refractivity contribution is -0.131. The Labute approximate surface area is 149 Å². The van der Waals surface area contributed by atoms with Crippen LogP contribution in [0, 0.1) is 12.8 Å². The average molecular weight is 348 g/mol. The Morgan fingerprint density at radius 1 is 1.20 bits per heavy atom. The van der Waals surface area contributed by atoms with E-state index in [1.807, 2.05) is 4.90 Å². The number of hydrogen-bond acceptors (Lipinski definition) is 5. The molecule has 0 bridgehead atoms. The summed E-state index contributed by atoms with van der Waals surface area (Å²) in [5.74, 6) is 1.87. The van der Waals surface area contributed by atoms with Crippen molar-refractivity contribution in [2.45, 2.75) is 45.6 Å². The molecule has 0 unspecified atom stereocenters. The van der Waals surface area contributed by atoms with Crippen molar-refractivity contribution in [3.05, 3.63) is 23.2 Å². The summed E-state index contributed by atoms with van der Waals surface area (Å²) in [5.41, 5.74) is 0.503. The van der Waals surface area contributed by atoms with Crippen molar-refractivity contribution >= 4 is 11.9 Å². The number of carbonyl (C=O) groups excluding carboxylic acids is 2. The van der Waals surface area contributed by atoms with Crippen molar-refractivity contribution in [1.82, 2.24) is 9.80 Å². The minimum absolute atomic E-state index is 0.334. The number of furan rings is 1. The lowest BCUT2D eigenvalue weighted by Gasteiger charge is -2.31. The van der Waals surface area contributed by atoms with Crippen molar-refractivity contribution in [2.24, 2.45) is 5.92 Å². The van der Waals surface area contributed by atoms with Gasteiger partial charge in [-0.25, -0.2) is 4.79 Å². The molecule has 2 fully saturated rings. The van der Waals surface area contributed by atoms with E-state index in [1.54, 1.807) is 13.0 Å². The van der Waals surface area contributed by atoms with Crippen LogP contribution in [0.4, 0.5) is 0 Å². The lowest BCUT2D eigenvalue weighted by Crippen LogP contribution is -2.36. The van der Waals surface area contributed by atoms with Gasteiger partial charge in [-0.1, -0.05) is 0 Å². The standard InChI is InChI=1S/C19H28N2O4/c1-14-17(19(23)24-2)12-16(25-14)13-20-9-5-15(6-10-20)11-18(22)21-7-3-4-8-21/h12,15H,3-11,13H2,1-2H3. The maximum absolute atomic E-state index is 12.3. The number of carbonyl (C=O) groups is 2. The van der Waals surface area contributed by atoms with Crippen LogP contribution in [-0.4, -0.2) is 55.0 Å². The Morgan fingerprint density at radius 3 is 2.52 bits per heavy atom. The van der Waals surface area contributed by atoms with E-state index in [0.29, 0.717) is 36.1 Å². The first-order chi connectivity index (χ1) is 12.1. The molecule has 2 aliphatic heterocycles. The molecule has 0 aliphatic carbocycles. The number of esters is 1. The number of amides is 1. The van der Waals surface area contributed by atoms with Gasteiger partial charge < -0.3 is 14.1 Å². The second kappa shape index (κ2) is 8.04. The highest BCUT2D eigenvalue weighted by atomic mass is 16.5. The van der Waals surface area contributed by atoms with Gasteiger partial charge in [-0.3, -0.25) is 9.69 Å². The van der Waals surface area contributed by atoms with E-state index in [-0.39, 0.29) is 5.97 Å². The fourth-order valence-corrected chi connectivity index (χ4v) is 3.85. The van der Waals surface area contributed by atoms with Crippen molar-refractivity contribution < 1.29 is 18.7 Å². The fraction of sp³-hybridized carbons (Fsp3) is 0.684. The van der Waals surface area contributed by atoms with Gasteiger partial charge in [-0.15, -0.1) is 0 Å². The molecule has 2 aliphatic rings. The van der Waals surface area contributed by atoms with E-state index in [9.17, 15) is 9.59 Å². The van der Waals surface area contributed by atoms with Crippen molar-refractivity contribution in [3.8, 4) is 0 Å². The summed E-state index contributed by atoms with van der Waals surface area (Å²) in [4.78, 5) is 28.3. The zero-order chi connectivity index (χ0) is 17.8. The van der Waals surface area contributed by atoms with Gasteiger partial charge in [-0.2, -0.15) is 0 Å². The average Bonchev–Trinajstić information content (AvgIpc) is 3.26. The van der Waals surface area contributed by atoms with E-state index in [4.69, 9.17) is 9.15 Å². The number of piperidine rings is 1. The van der Waals surface area contributed by atoms with E-state index in [1.165, 1.54) is 7.11 Å². The summed E-state index contributed by atoms with van der Waals surface area (Å²) in [5, 5.41) is 0. The van der Waals surface area contributed by atoms with Crippen LogP contribution >= 0.6 is 0 Å². The van der Waals surface area contributed by atoms with E-state index >= 15 is 0 Å². The summed E-state index contributed by atoms with van der Waals surface area (Å²) in [7, 11) is 1.38. The van der Waals surface area contributed by atoms with Gasteiger partial charge in [0.2, 0.25) is 5.91 Å². The Bertz CT molecular complexity index is 611. The maximum Gasteiger partial charge on any atom is 0.341 e. The highest BCUT2D eigenvalue weighted by Gasteiger charge is 2.26. The van der Waals surface area contributed by atoms with Crippen LogP contribution in [0.5, 0.6) is 0 Å². The first-order valence-electron chi connectivity index (χ1n) is 9.24. The van der Waals surface area contributed by atoms with Gasteiger partial charge >= 0.3 is 5.97 Å². The SMILES string of the molecule is COC(=O)c1cc(CN2CCC(CC(=O)N3CCCC3)CC2)oc1C. The van der Waals surface area contributed by atoms with Gasteiger partial charge in [-0.05, 0) is 57.7 Å². The molecule has 0 aromatic carbocycles. The molecule has 2 saturated heterocycles. The third-order valence-electron chi connectivity index (χ3n) is 5.38. The summed E-state index contributed by atoms with van der Waals surface area (Å²) in [6, 6.07) is 1.78. The Morgan fingerprint density at radius 2 is 1.88 bits per heavy atom. The molecule has 1 aromatic rings. The minimum atomic E-state index is -0.355. The topological polar surface area (TPSA) is 63.0 Å². The molecule has 0 radical (unpaired) electrons. The predicted molar refractivity (Wildman–Crippen MR) is 93.2 cm³/mol. The lowest BCUT2D eigenvalue weighted by atomic mass is 9.93. The van der Waals surface area contributed by atoms with Crippen LogP contribution in [0.1, 0.15) is 54.0 Å². The second-order valence-corrected chi connectivity index (χ2v) is 7.19. The molecule has 3 rings (SSSR count). The van der Waals surface area contributed by atoms with Crippen LogP contribution in [-0.2, 0) is 16.1 Å². The Hall–Kier alpha value is -1.82. The zero-order valence-corrected chi connectivity index (χ0v) is 15.3. The molecule has 138 valence electrons. The Kier molecular flexibility index (Phi) is 5.78. The van der Waals surface area contributed by atoms with E-state index in [0.717, 1.165) is 57.6 Å². The molecule has 0 atom stereocenters. The molecule has 25 heavy (non-hydrogen) atoms. The van der Waals surface area contributed by atoms with Crippen molar-refractivity contribution in [2.75, 3.05) is 33.3 Å². The largest absolute Gasteiger partial charge is 0.465 e. The molecule has 0 spiro atoms. The van der Waals surface area contributed by atoms with E-state index < -0.39 is 0 Å². The Balaban J connectivity index is 1.46. The second-order valence-electron chi connectivity index (χ2n) is 7.19. The molecule has 6 nitrogen and oxygen atoms in total. The normalized spacial score (nSPS) is 19.4. The summed E-state index contributed by atoms with van der Waals surface area (Å²) < 4.78 is 10.5. The van der Waals surface area contributed by atoms with Crippen LogP contribution in [0.15, 0.2) is 10.5 Å². The van der Waals surface area contributed by atoms with Crippen LogP contribution in [0.2, 0.25) is 0 Å². The molecule has 0 saturated carbocycles. The summed E-state index contributed by atoms with van der Waals surface area (Å²) in [6.45, 7) is 6.29. The van der Waals surface area contributed by atoms with Gasteiger partial charge in [0.25, 0.3) is 0 Å². The number of ether oxygens (including phenoxy) is 1. The number of nitrogens with zero attached hydrogens (tertiary/aromatic N) is 2. The van der Waals surface area contributed by atoms with Crippen LogP contribution < -0.4 is 0 Å². The van der Waals surface area contributed by atoms with Crippen LogP contribution in [0.25, 0.3) is 0 Å². The van der Waals surface area contributed by atoms with Gasteiger partial charge in [0.1, 0.15) is 17.1 Å². The van der Waals surface area contributed by atoms with E-state index in [2.05, 4.69) is 4.90 Å². The van der Waals surface area contributed by atoms with Crippen LogP contribution in [0.3, 0.4) is 0 Å². The molecule has 3 heterocycles. The molecule has 1 amide bonds. The zero-order valence-electron chi connectivity index (χ0n) is 15.3. The first-order valence-corrected chi connectivity index (χ1v) is 9.24. The molecular weight excluding hydrogens is 320 g/mol. The highest BCUT2D eigenvalue weighted by molar-refractivity contribution is 5.90. The monoisotopic (exact) mass is 348 g/mol. The highest BCUT2D eigenvalue weighted by Crippen LogP contribution is 2.25. The minimum Gasteiger partial charge on any atom is -0.465 e. The van der Waals surface area contributed by atoms with Gasteiger partial charge in [0, 0.05) is 19.5 Å². The summed E-state index contributed by atoms with van der Waals surface area (Å²) in [6.07, 6.45) is 5.09. The van der Waals surface area contributed by atoms with Crippen molar-refractivity contribution in [3.63, 3.8) is 0 Å². The smallest absolute Gasteiger partial charge is 0.341 e. The van der Waals surface area contributed by atoms with Gasteiger partial charge in [0.15, 0.2) is 0 Å². The first kappa shape index (κ1) is 18.0. The van der Waals surface area contributed by atoms with Gasteiger partial charge in [0.05, 0.1) is 13.7 Å². The molecule has 1 aromatic heterocycles. The van der Waals surface area contributed by atoms with Crippen molar-refractivity contribution in [1.29, 1.82) is 0 Å². The fourth-order valence-electron chi connectivity index (χ4n) is 3.85. The molecule has 6 heteroatoms. The number of aryl methyl sites for hydroxylation is 1. The number of likely N-dealkylation sites (tertiary alicyclic amines) is 2. The predicted octanol–water partition coefficient (Wildman–Crippen LogP) is 2.60. The maximum atomic E-state index is 12.3. The molecule has 0 N–H and O–H groups in total. The number of methoxy groups -OCH3 is 1. The third-order valence-corrected chi connectivity index (χ3v) is 5.38. The molecular formula is C19H28N2O4. The summed E-state index contributed by atoms with van der Waals surface area (Å²) >= 11 is 0. The third kappa shape index (κ3) is 4.42. The number of rotatable bonds is 5.